The molecular formula is C15H15F3N2O3. The largest absolute Gasteiger partial charge is 0.497 e. The van der Waals surface area contributed by atoms with Crippen molar-refractivity contribution in [1.82, 2.24) is 9.78 Å². The first-order chi connectivity index (χ1) is 10.9. The first-order valence-electron chi connectivity index (χ1n) is 6.79. The average Bonchev–Trinajstić information content (AvgIpc) is 2.92. The van der Waals surface area contributed by atoms with E-state index < -0.39 is 23.4 Å². The Morgan fingerprint density at radius 2 is 1.91 bits per heavy atom. The Labute approximate surface area is 130 Å². The maximum atomic E-state index is 13.0. The Bertz CT molecular complexity index is 678. The van der Waals surface area contributed by atoms with E-state index >= 15 is 0 Å². The maximum Gasteiger partial charge on any atom is 0.420 e. The number of ether oxygens (including phenoxy) is 2. The molecule has 0 amide bonds. The van der Waals surface area contributed by atoms with E-state index in [1.54, 1.807) is 24.3 Å². The predicted octanol–water partition coefficient (Wildman–Crippen LogP) is 3.14. The van der Waals surface area contributed by atoms with Gasteiger partial charge >= 0.3 is 12.1 Å². The van der Waals surface area contributed by atoms with E-state index in [-0.39, 0.29) is 13.2 Å². The van der Waals surface area contributed by atoms with Gasteiger partial charge in [-0.1, -0.05) is 12.1 Å². The van der Waals surface area contributed by atoms with Gasteiger partial charge in [-0.15, -0.1) is 0 Å². The summed E-state index contributed by atoms with van der Waals surface area (Å²) in [5, 5.41) is 3.69. The van der Waals surface area contributed by atoms with Crippen LogP contribution in [-0.2, 0) is 17.5 Å². The van der Waals surface area contributed by atoms with Crippen molar-refractivity contribution in [2.45, 2.75) is 19.6 Å². The maximum absolute atomic E-state index is 13.0. The van der Waals surface area contributed by atoms with Crippen LogP contribution in [0.2, 0.25) is 0 Å². The van der Waals surface area contributed by atoms with Gasteiger partial charge in [0.05, 0.1) is 26.5 Å². The molecule has 0 aliphatic rings. The molecule has 0 aliphatic carbocycles. The van der Waals surface area contributed by atoms with Gasteiger partial charge in [-0.25, -0.2) is 4.79 Å². The Hall–Kier alpha value is -2.51. The van der Waals surface area contributed by atoms with Gasteiger partial charge in [0, 0.05) is 0 Å². The summed E-state index contributed by atoms with van der Waals surface area (Å²) < 4.78 is 49.8. The highest BCUT2D eigenvalue weighted by molar-refractivity contribution is 5.89. The van der Waals surface area contributed by atoms with E-state index in [9.17, 15) is 18.0 Å². The quantitative estimate of drug-likeness (QED) is 0.791. The predicted molar refractivity (Wildman–Crippen MR) is 75.3 cm³/mol. The number of hydrogen-bond donors (Lipinski definition) is 0. The zero-order valence-corrected chi connectivity index (χ0v) is 12.6. The second-order valence-corrected chi connectivity index (χ2v) is 4.63. The van der Waals surface area contributed by atoms with E-state index in [1.165, 1.54) is 14.0 Å². The van der Waals surface area contributed by atoms with Crippen LogP contribution in [0.3, 0.4) is 0 Å². The molecule has 2 rings (SSSR count). The molecule has 0 N–H and O–H groups in total. The molecule has 8 heteroatoms. The minimum atomic E-state index is -4.68. The summed E-state index contributed by atoms with van der Waals surface area (Å²) in [6, 6.07) is 6.71. The zero-order valence-electron chi connectivity index (χ0n) is 12.6. The number of methoxy groups -OCH3 is 1. The standard InChI is InChI=1S/C15H15F3N2O3/c1-3-23-14(21)13-12(15(16,17)18)8-19-20(13)9-10-4-6-11(22-2)7-5-10/h4-8H,3,9H2,1-2H3. The molecule has 1 aromatic carbocycles. The van der Waals surface area contributed by atoms with Crippen LogP contribution in [0.5, 0.6) is 5.75 Å². The van der Waals surface area contributed by atoms with Crippen LogP contribution in [-0.4, -0.2) is 29.5 Å². The Morgan fingerprint density at radius 1 is 1.26 bits per heavy atom. The number of alkyl halides is 3. The third-order valence-electron chi connectivity index (χ3n) is 3.11. The lowest BCUT2D eigenvalue weighted by Gasteiger charge is -2.11. The van der Waals surface area contributed by atoms with Crippen molar-refractivity contribution in [3.63, 3.8) is 0 Å². The smallest absolute Gasteiger partial charge is 0.420 e. The third kappa shape index (κ3) is 3.82. The Kier molecular flexibility index (Phi) is 4.92. The van der Waals surface area contributed by atoms with Crippen molar-refractivity contribution >= 4 is 5.97 Å². The van der Waals surface area contributed by atoms with Crippen molar-refractivity contribution in [3.05, 3.63) is 47.3 Å². The summed E-state index contributed by atoms with van der Waals surface area (Å²) in [6.07, 6.45) is -4.05. The fourth-order valence-corrected chi connectivity index (χ4v) is 2.03. The highest BCUT2D eigenvalue weighted by Crippen LogP contribution is 2.32. The fourth-order valence-electron chi connectivity index (χ4n) is 2.03. The molecular weight excluding hydrogens is 313 g/mol. The molecule has 0 bridgehead atoms. The first-order valence-corrected chi connectivity index (χ1v) is 6.79. The third-order valence-corrected chi connectivity index (χ3v) is 3.11. The highest BCUT2D eigenvalue weighted by Gasteiger charge is 2.39. The number of benzene rings is 1. The van der Waals surface area contributed by atoms with Crippen LogP contribution < -0.4 is 4.74 Å². The lowest BCUT2D eigenvalue weighted by atomic mass is 10.2. The molecule has 23 heavy (non-hydrogen) atoms. The Morgan fingerprint density at radius 3 is 2.43 bits per heavy atom. The van der Waals surface area contributed by atoms with Crippen LogP contribution in [0.15, 0.2) is 30.5 Å². The molecule has 0 unspecified atom stereocenters. The van der Waals surface area contributed by atoms with Crippen LogP contribution in [0.1, 0.15) is 28.5 Å². The molecule has 124 valence electrons. The van der Waals surface area contributed by atoms with Crippen molar-refractivity contribution < 1.29 is 27.4 Å². The van der Waals surface area contributed by atoms with Gasteiger partial charge in [-0.05, 0) is 24.6 Å². The molecule has 0 aliphatic heterocycles. The highest BCUT2D eigenvalue weighted by atomic mass is 19.4. The summed E-state index contributed by atoms with van der Waals surface area (Å²) in [7, 11) is 1.51. The van der Waals surface area contributed by atoms with Crippen LogP contribution in [0.4, 0.5) is 13.2 Å². The van der Waals surface area contributed by atoms with Gasteiger partial charge in [0.1, 0.15) is 11.3 Å². The van der Waals surface area contributed by atoms with Gasteiger partial charge < -0.3 is 9.47 Å². The Balaban J connectivity index is 2.37. The molecule has 0 atom stereocenters. The minimum Gasteiger partial charge on any atom is -0.497 e. The monoisotopic (exact) mass is 328 g/mol. The normalized spacial score (nSPS) is 11.3. The van der Waals surface area contributed by atoms with Crippen LogP contribution >= 0.6 is 0 Å². The summed E-state index contributed by atoms with van der Waals surface area (Å²) in [6.45, 7) is 1.51. The topological polar surface area (TPSA) is 53.3 Å². The number of nitrogens with zero attached hydrogens (tertiary/aromatic N) is 2. The van der Waals surface area contributed by atoms with Gasteiger partial charge in [0.2, 0.25) is 0 Å². The summed E-state index contributed by atoms with van der Waals surface area (Å²) in [5.41, 5.74) is -1.03. The lowest BCUT2D eigenvalue weighted by Crippen LogP contribution is -2.19. The van der Waals surface area contributed by atoms with E-state index in [0.29, 0.717) is 17.5 Å². The zero-order chi connectivity index (χ0) is 17.0. The van der Waals surface area contributed by atoms with Gasteiger partial charge in [0.15, 0.2) is 5.69 Å². The molecule has 0 spiro atoms. The van der Waals surface area contributed by atoms with Crippen LogP contribution in [0, 0.1) is 0 Å². The van der Waals surface area contributed by atoms with Gasteiger partial charge in [-0.2, -0.15) is 18.3 Å². The molecule has 0 saturated carbocycles. The van der Waals surface area contributed by atoms with E-state index in [4.69, 9.17) is 9.47 Å². The van der Waals surface area contributed by atoms with Gasteiger partial charge in [0.25, 0.3) is 0 Å². The number of halogens is 3. The van der Waals surface area contributed by atoms with Gasteiger partial charge in [-0.3, -0.25) is 4.68 Å². The SMILES string of the molecule is CCOC(=O)c1c(C(F)(F)F)cnn1Cc1ccc(OC)cc1. The second kappa shape index (κ2) is 6.72. The molecule has 5 nitrogen and oxygen atoms in total. The number of rotatable bonds is 5. The molecule has 1 aromatic heterocycles. The molecule has 0 fully saturated rings. The molecule has 0 saturated heterocycles. The minimum absolute atomic E-state index is 0.00816. The number of esters is 1. The lowest BCUT2D eigenvalue weighted by molar-refractivity contribution is -0.138. The molecule has 1 heterocycles. The van der Waals surface area contributed by atoms with E-state index in [0.717, 1.165) is 4.68 Å². The van der Waals surface area contributed by atoms with Crippen molar-refractivity contribution in [3.8, 4) is 5.75 Å². The number of aromatic nitrogens is 2. The number of carbonyl (C=O) groups is 1. The van der Waals surface area contributed by atoms with E-state index in [2.05, 4.69) is 5.10 Å². The second-order valence-electron chi connectivity index (χ2n) is 4.63. The number of hydrogen-bond acceptors (Lipinski definition) is 4. The summed E-state index contributed by atoms with van der Waals surface area (Å²) >= 11 is 0. The molecule has 2 aromatic rings. The average molecular weight is 328 g/mol. The van der Waals surface area contributed by atoms with Crippen molar-refractivity contribution in [1.29, 1.82) is 0 Å². The number of carbonyl (C=O) groups excluding carboxylic acids is 1. The van der Waals surface area contributed by atoms with E-state index in [1.807, 2.05) is 0 Å². The summed E-state index contributed by atoms with van der Waals surface area (Å²) in [4.78, 5) is 11.9. The summed E-state index contributed by atoms with van der Waals surface area (Å²) in [5.74, 6) is -0.429. The molecule has 0 radical (unpaired) electrons. The first kappa shape index (κ1) is 16.9. The van der Waals surface area contributed by atoms with Crippen molar-refractivity contribution in [2.24, 2.45) is 0 Å². The van der Waals surface area contributed by atoms with Crippen molar-refractivity contribution in [2.75, 3.05) is 13.7 Å². The van der Waals surface area contributed by atoms with Crippen LogP contribution in [0.25, 0.3) is 0 Å². The fraction of sp³-hybridized carbons (Fsp3) is 0.333.